The molecule has 1 aliphatic rings. The lowest BCUT2D eigenvalue weighted by Crippen LogP contribution is -2.26. The SMILES string of the molecule is Cc1cc(-c2cc(CO)ccc2OC2CCOCC2)cn(C)c1=O. The molecule has 0 radical (unpaired) electrons. The minimum absolute atomic E-state index is 0.0102. The predicted molar refractivity (Wildman–Crippen MR) is 92.2 cm³/mol. The Morgan fingerprint density at radius 3 is 2.71 bits per heavy atom. The molecule has 2 aromatic rings. The summed E-state index contributed by atoms with van der Waals surface area (Å²) < 4.78 is 13.2. The van der Waals surface area contributed by atoms with E-state index < -0.39 is 0 Å². The molecule has 2 heterocycles. The molecule has 1 aromatic heterocycles. The van der Waals surface area contributed by atoms with Crippen LogP contribution in [0.1, 0.15) is 24.0 Å². The molecule has 0 aliphatic carbocycles. The van der Waals surface area contributed by atoms with Gasteiger partial charge in [-0.05, 0) is 30.7 Å². The number of hydrogen-bond acceptors (Lipinski definition) is 4. The Kier molecular flexibility index (Phi) is 5.02. The maximum atomic E-state index is 12.0. The van der Waals surface area contributed by atoms with E-state index in [4.69, 9.17) is 9.47 Å². The molecule has 0 unspecified atom stereocenters. The second-order valence-corrected chi connectivity index (χ2v) is 6.25. The summed E-state index contributed by atoms with van der Waals surface area (Å²) in [4.78, 5) is 12.0. The molecule has 3 rings (SSSR count). The van der Waals surface area contributed by atoms with Crippen molar-refractivity contribution in [3.05, 3.63) is 51.9 Å². The molecule has 0 amide bonds. The van der Waals surface area contributed by atoms with Crippen molar-refractivity contribution in [1.82, 2.24) is 4.57 Å². The number of aliphatic hydroxyl groups is 1. The molecule has 24 heavy (non-hydrogen) atoms. The Bertz CT molecular complexity index is 749. The van der Waals surface area contributed by atoms with Crippen LogP contribution in [0.2, 0.25) is 0 Å². The highest BCUT2D eigenvalue weighted by Crippen LogP contribution is 2.33. The van der Waals surface area contributed by atoms with Gasteiger partial charge >= 0.3 is 0 Å². The van der Waals surface area contributed by atoms with E-state index in [0.29, 0.717) is 18.8 Å². The first-order valence-electron chi connectivity index (χ1n) is 8.24. The van der Waals surface area contributed by atoms with Gasteiger partial charge in [0.15, 0.2) is 0 Å². The fourth-order valence-corrected chi connectivity index (χ4v) is 3.00. The van der Waals surface area contributed by atoms with E-state index >= 15 is 0 Å². The van der Waals surface area contributed by atoms with Crippen LogP contribution in [0.4, 0.5) is 0 Å². The zero-order valence-electron chi connectivity index (χ0n) is 14.1. The van der Waals surface area contributed by atoms with Gasteiger partial charge in [0.25, 0.3) is 5.56 Å². The standard InChI is InChI=1S/C19H23NO4/c1-13-9-15(11-20(2)19(13)22)17-10-14(12-21)3-4-18(17)24-16-5-7-23-8-6-16/h3-4,9-11,16,21H,5-8,12H2,1-2H3. The Hall–Kier alpha value is -2.11. The lowest BCUT2D eigenvalue weighted by molar-refractivity contribution is 0.0258. The second kappa shape index (κ2) is 7.20. The summed E-state index contributed by atoms with van der Waals surface area (Å²) in [5.74, 6) is 0.775. The quantitative estimate of drug-likeness (QED) is 0.936. The van der Waals surface area contributed by atoms with Crippen LogP contribution >= 0.6 is 0 Å². The Morgan fingerprint density at radius 1 is 1.29 bits per heavy atom. The summed E-state index contributed by atoms with van der Waals surface area (Å²) in [5, 5.41) is 9.46. The van der Waals surface area contributed by atoms with Crippen molar-refractivity contribution in [3.8, 4) is 16.9 Å². The van der Waals surface area contributed by atoms with Gasteiger partial charge in [-0.3, -0.25) is 4.79 Å². The molecule has 0 saturated carbocycles. The van der Waals surface area contributed by atoms with Crippen LogP contribution in [-0.4, -0.2) is 29.0 Å². The monoisotopic (exact) mass is 329 g/mol. The van der Waals surface area contributed by atoms with E-state index in [1.807, 2.05) is 30.5 Å². The highest BCUT2D eigenvalue weighted by atomic mass is 16.5. The fraction of sp³-hybridized carbons (Fsp3) is 0.421. The smallest absolute Gasteiger partial charge is 0.253 e. The minimum Gasteiger partial charge on any atom is -0.490 e. The minimum atomic E-state index is -0.0324. The average molecular weight is 329 g/mol. The number of rotatable bonds is 4. The van der Waals surface area contributed by atoms with Crippen molar-refractivity contribution in [3.63, 3.8) is 0 Å². The molecule has 1 fully saturated rings. The number of ether oxygens (including phenoxy) is 2. The van der Waals surface area contributed by atoms with Gasteiger partial charge in [-0.25, -0.2) is 0 Å². The number of pyridine rings is 1. The first kappa shape index (κ1) is 16.7. The average Bonchev–Trinajstić information content (AvgIpc) is 2.60. The predicted octanol–water partition coefficient (Wildman–Crippen LogP) is 2.41. The molecule has 1 aromatic carbocycles. The summed E-state index contributed by atoms with van der Waals surface area (Å²) in [6.07, 6.45) is 3.68. The molecule has 0 bridgehead atoms. The van der Waals surface area contributed by atoms with Crippen molar-refractivity contribution in [2.75, 3.05) is 13.2 Å². The third kappa shape index (κ3) is 3.52. The molecule has 5 heteroatoms. The highest BCUT2D eigenvalue weighted by Gasteiger charge is 2.18. The van der Waals surface area contributed by atoms with E-state index in [1.54, 1.807) is 18.5 Å². The normalized spacial score (nSPS) is 15.5. The van der Waals surface area contributed by atoms with Crippen molar-refractivity contribution in [1.29, 1.82) is 0 Å². The van der Waals surface area contributed by atoms with Crippen LogP contribution in [0.3, 0.4) is 0 Å². The molecular weight excluding hydrogens is 306 g/mol. The maximum absolute atomic E-state index is 12.0. The van der Waals surface area contributed by atoms with E-state index in [1.165, 1.54) is 0 Å². The van der Waals surface area contributed by atoms with Gasteiger partial charge in [-0.1, -0.05) is 6.07 Å². The topological polar surface area (TPSA) is 60.7 Å². The van der Waals surface area contributed by atoms with Gasteiger partial charge in [-0.2, -0.15) is 0 Å². The van der Waals surface area contributed by atoms with Crippen LogP contribution in [-0.2, 0) is 18.4 Å². The number of aromatic nitrogens is 1. The summed E-state index contributed by atoms with van der Waals surface area (Å²) >= 11 is 0. The van der Waals surface area contributed by atoms with Crippen LogP contribution in [0.15, 0.2) is 35.3 Å². The van der Waals surface area contributed by atoms with Crippen LogP contribution in [0.5, 0.6) is 5.75 Å². The third-order valence-electron chi connectivity index (χ3n) is 4.36. The van der Waals surface area contributed by atoms with E-state index in [0.717, 1.165) is 35.3 Å². The van der Waals surface area contributed by atoms with Gasteiger partial charge in [0.1, 0.15) is 11.9 Å². The number of nitrogens with zero attached hydrogens (tertiary/aromatic N) is 1. The van der Waals surface area contributed by atoms with Gasteiger partial charge in [0.05, 0.1) is 19.8 Å². The zero-order chi connectivity index (χ0) is 17.1. The van der Waals surface area contributed by atoms with Crippen molar-refractivity contribution >= 4 is 0 Å². The molecule has 1 N–H and O–H groups in total. The number of hydrogen-bond donors (Lipinski definition) is 1. The maximum Gasteiger partial charge on any atom is 0.253 e. The van der Waals surface area contributed by atoms with Crippen LogP contribution in [0, 0.1) is 6.92 Å². The van der Waals surface area contributed by atoms with Gasteiger partial charge in [-0.15, -0.1) is 0 Å². The van der Waals surface area contributed by atoms with Gasteiger partial charge < -0.3 is 19.1 Å². The first-order chi connectivity index (χ1) is 11.6. The third-order valence-corrected chi connectivity index (χ3v) is 4.36. The van der Waals surface area contributed by atoms with Crippen molar-refractivity contribution in [2.45, 2.75) is 32.5 Å². The number of benzene rings is 1. The molecule has 1 aliphatic heterocycles. The lowest BCUT2D eigenvalue weighted by atomic mass is 10.0. The van der Waals surface area contributed by atoms with Crippen molar-refractivity contribution < 1.29 is 14.6 Å². The summed E-state index contributed by atoms with van der Waals surface area (Å²) in [6, 6.07) is 7.56. The Labute approximate surface area is 141 Å². The van der Waals surface area contributed by atoms with Gasteiger partial charge in [0.2, 0.25) is 0 Å². The fourth-order valence-electron chi connectivity index (χ4n) is 3.00. The summed E-state index contributed by atoms with van der Waals surface area (Å²) in [6.45, 7) is 3.21. The van der Waals surface area contributed by atoms with E-state index in [9.17, 15) is 9.90 Å². The lowest BCUT2D eigenvalue weighted by Gasteiger charge is -2.25. The Balaban J connectivity index is 2.02. The molecule has 0 spiro atoms. The molecule has 0 atom stereocenters. The van der Waals surface area contributed by atoms with Gasteiger partial charge in [0, 0.05) is 42.8 Å². The van der Waals surface area contributed by atoms with Crippen LogP contribution < -0.4 is 10.3 Å². The zero-order valence-corrected chi connectivity index (χ0v) is 14.1. The summed E-state index contributed by atoms with van der Waals surface area (Å²) in [5.41, 5.74) is 3.29. The Morgan fingerprint density at radius 2 is 2.04 bits per heavy atom. The van der Waals surface area contributed by atoms with E-state index in [-0.39, 0.29) is 18.3 Å². The molecular formula is C19H23NO4. The highest BCUT2D eigenvalue weighted by molar-refractivity contribution is 5.71. The van der Waals surface area contributed by atoms with Crippen LogP contribution in [0.25, 0.3) is 11.1 Å². The largest absolute Gasteiger partial charge is 0.490 e. The molecule has 5 nitrogen and oxygen atoms in total. The number of aliphatic hydroxyl groups excluding tert-OH is 1. The molecule has 1 saturated heterocycles. The molecule has 128 valence electrons. The first-order valence-corrected chi connectivity index (χ1v) is 8.24. The number of aryl methyl sites for hydroxylation is 2. The summed E-state index contributed by atoms with van der Waals surface area (Å²) in [7, 11) is 1.74. The van der Waals surface area contributed by atoms with Crippen molar-refractivity contribution in [2.24, 2.45) is 7.05 Å². The van der Waals surface area contributed by atoms with E-state index in [2.05, 4.69) is 0 Å². The second-order valence-electron chi connectivity index (χ2n) is 6.25.